The van der Waals surface area contributed by atoms with Gasteiger partial charge in [-0.1, -0.05) is 0 Å². The van der Waals surface area contributed by atoms with Crippen LogP contribution < -0.4 is 0 Å². The van der Waals surface area contributed by atoms with Gasteiger partial charge in [-0.3, -0.25) is 0 Å². The summed E-state index contributed by atoms with van der Waals surface area (Å²) in [7, 11) is 0. The lowest BCUT2D eigenvalue weighted by Gasteiger charge is -2.07. The van der Waals surface area contributed by atoms with Gasteiger partial charge in [-0.25, -0.2) is 27.5 Å². The highest BCUT2D eigenvalue weighted by atomic mass is 19.1. The molecule has 3 rings (SSSR count). The number of hydrogen-bond donors (Lipinski definition) is 0. The molecule has 0 N–H and O–H groups in total. The molecule has 0 aliphatic heterocycles. The molecular formula is C14H8F4N2. The summed E-state index contributed by atoms with van der Waals surface area (Å²) in [6.07, 6.45) is 0. The first kappa shape index (κ1) is 12.8. The minimum Gasteiger partial charge on any atom is -0.241 e. The Kier molecular flexibility index (Phi) is 2.64. The quantitative estimate of drug-likeness (QED) is 0.460. The molecule has 0 unspecified atom stereocenters. The second kappa shape index (κ2) is 4.13. The van der Waals surface area contributed by atoms with Gasteiger partial charge in [0.05, 0.1) is 11.0 Å². The Morgan fingerprint density at radius 1 is 0.700 bits per heavy atom. The summed E-state index contributed by atoms with van der Waals surface area (Å²) in [6, 6.07) is 1.97. The van der Waals surface area contributed by atoms with Gasteiger partial charge in [0.1, 0.15) is 22.7 Å². The zero-order valence-corrected chi connectivity index (χ0v) is 10.6. The van der Waals surface area contributed by atoms with E-state index in [0.29, 0.717) is 0 Å². The van der Waals surface area contributed by atoms with Crippen LogP contribution in [0.5, 0.6) is 0 Å². The number of nitrogens with zero attached hydrogens (tertiary/aromatic N) is 2. The van der Waals surface area contributed by atoms with Gasteiger partial charge in [0, 0.05) is 23.3 Å². The highest BCUT2D eigenvalue weighted by Gasteiger charge is 2.17. The smallest absolute Gasteiger partial charge is 0.156 e. The Hall–Kier alpha value is -2.24. The summed E-state index contributed by atoms with van der Waals surface area (Å²) in [5, 5.41) is 0. The van der Waals surface area contributed by atoms with Crippen LogP contribution in [0.4, 0.5) is 17.6 Å². The Labute approximate surface area is 111 Å². The Bertz CT molecular complexity index is 801. The molecule has 0 aliphatic carbocycles. The van der Waals surface area contributed by atoms with E-state index in [4.69, 9.17) is 0 Å². The van der Waals surface area contributed by atoms with Gasteiger partial charge in [0.25, 0.3) is 0 Å². The van der Waals surface area contributed by atoms with Crippen molar-refractivity contribution in [1.29, 1.82) is 0 Å². The van der Waals surface area contributed by atoms with E-state index in [-0.39, 0.29) is 33.2 Å². The zero-order valence-electron chi connectivity index (χ0n) is 10.6. The molecule has 0 radical (unpaired) electrons. The van der Waals surface area contributed by atoms with Crippen LogP contribution in [0, 0.1) is 37.1 Å². The van der Waals surface area contributed by atoms with Crippen molar-refractivity contribution < 1.29 is 17.6 Å². The topological polar surface area (TPSA) is 25.8 Å². The predicted octanol–water partition coefficient (Wildman–Crippen LogP) is 3.96. The molecule has 0 aliphatic rings. The van der Waals surface area contributed by atoms with Crippen molar-refractivity contribution in [2.75, 3.05) is 0 Å². The summed E-state index contributed by atoms with van der Waals surface area (Å²) in [5.41, 5.74) is -1.05. The molecule has 20 heavy (non-hydrogen) atoms. The maximum atomic E-state index is 13.9. The number of benzene rings is 2. The van der Waals surface area contributed by atoms with E-state index in [2.05, 4.69) is 9.97 Å². The van der Waals surface area contributed by atoms with Crippen molar-refractivity contribution in [1.82, 2.24) is 9.97 Å². The van der Waals surface area contributed by atoms with Crippen LogP contribution >= 0.6 is 0 Å². The molecule has 3 aromatic rings. The Balaban J connectivity index is 2.53. The molecular weight excluding hydrogens is 272 g/mol. The van der Waals surface area contributed by atoms with Crippen LogP contribution in [0.25, 0.3) is 22.1 Å². The monoisotopic (exact) mass is 280 g/mol. The fourth-order valence-electron chi connectivity index (χ4n) is 2.01. The molecule has 0 spiro atoms. The standard InChI is InChI=1S/C14H8F4N2/c1-5-7(15)3-9-13(11(5)17)19-10-4-8(16)6(2)12(18)14(10)20-9/h3-4H,1-2H3. The molecule has 0 amide bonds. The molecule has 2 aromatic carbocycles. The van der Waals surface area contributed by atoms with E-state index in [0.717, 1.165) is 12.1 Å². The predicted molar refractivity (Wildman–Crippen MR) is 66.4 cm³/mol. The van der Waals surface area contributed by atoms with Crippen molar-refractivity contribution in [2.24, 2.45) is 0 Å². The van der Waals surface area contributed by atoms with Crippen molar-refractivity contribution in [2.45, 2.75) is 13.8 Å². The molecule has 0 bridgehead atoms. The fourth-order valence-corrected chi connectivity index (χ4v) is 2.01. The van der Waals surface area contributed by atoms with Crippen molar-refractivity contribution in [3.8, 4) is 0 Å². The molecule has 102 valence electrons. The highest BCUT2D eigenvalue weighted by molar-refractivity contribution is 5.87. The van der Waals surface area contributed by atoms with Crippen LogP contribution in [-0.2, 0) is 0 Å². The van der Waals surface area contributed by atoms with Crippen LogP contribution in [0.3, 0.4) is 0 Å². The molecule has 6 heteroatoms. The van der Waals surface area contributed by atoms with Gasteiger partial charge in [0.15, 0.2) is 11.6 Å². The maximum absolute atomic E-state index is 13.9. The summed E-state index contributed by atoms with van der Waals surface area (Å²) >= 11 is 0. The van der Waals surface area contributed by atoms with Crippen LogP contribution in [-0.4, -0.2) is 9.97 Å². The lowest BCUT2D eigenvalue weighted by molar-refractivity contribution is 0.571. The Morgan fingerprint density at radius 3 is 1.40 bits per heavy atom. The highest BCUT2D eigenvalue weighted by Crippen LogP contribution is 2.26. The molecule has 0 fully saturated rings. The first-order valence-electron chi connectivity index (χ1n) is 5.81. The third-order valence-electron chi connectivity index (χ3n) is 3.27. The van der Waals surface area contributed by atoms with Crippen LogP contribution in [0.15, 0.2) is 12.1 Å². The molecule has 0 saturated carbocycles. The molecule has 0 atom stereocenters. The lowest BCUT2D eigenvalue weighted by Crippen LogP contribution is -2.00. The zero-order chi connectivity index (χ0) is 14.6. The van der Waals surface area contributed by atoms with Gasteiger partial charge in [-0.05, 0) is 13.8 Å². The molecule has 2 nitrogen and oxygen atoms in total. The van der Waals surface area contributed by atoms with E-state index in [9.17, 15) is 17.6 Å². The van der Waals surface area contributed by atoms with Gasteiger partial charge in [0.2, 0.25) is 0 Å². The first-order chi connectivity index (χ1) is 9.40. The summed E-state index contributed by atoms with van der Waals surface area (Å²) in [6.45, 7) is 2.51. The van der Waals surface area contributed by atoms with Crippen molar-refractivity contribution >= 4 is 22.1 Å². The van der Waals surface area contributed by atoms with Gasteiger partial charge >= 0.3 is 0 Å². The van der Waals surface area contributed by atoms with E-state index in [1.807, 2.05) is 0 Å². The molecule has 1 heterocycles. The van der Waals surface area contributed by atoms with Gasteiger partial charge in [-0.2, -0.15) is 0 Å². The summed E-state index contributed by atoms with van der Waals surface area (Å²) in [4.78, 5) is 7.72. The Morgan fingerprint density at radius 2 is 1.05 bits per heavy atom. The first-order valence-corrected chi connectivity index (χ1v) is 5.81. The van der Waals surface area contributed by atoms with E-state index in [1.54, 1.807) is 0 Å². The summed E-state index contributed by atoms with van der Waals surface area (Å²) < 4.78 is 54.9. The average Bonchev–Trinajstić information content (AvgIpc) is 2.42. The van der Waals surface area contributed by atoms with Crippen LogP contribution in [0.2, 0.25) is 0 Å². The van der Waals surface area contributed by atoms with E-state index in [1.165, 1.54) is 13.8 Å². The second-order valence-electron chi connectivity index (χ2n) is 4.55. The minimum absolute atomic E-state index is 0.108. The van der Waals surface area contributed by atoms with Crippen molar-refractivity contribution in [3.63, 3.8) is 0 Å². The number of fused-ring (bicyclic) bond motifs is 2. The number of aromatic nitrogens is 2. The number of rotatable bonds is 0. The normalized spacial score (nSPS) is 11.5. The van der Waals surface area contributed by atoms with Crippen molar-refractivity contribution in [3.05, 3.63) is 46.5 Å². The maximum Gasteiger partial charge on any atom is 0.156 e. The third kappa shape index (κ3) is 1.64. The lowest BCUT2D eigenvalue weighted by atomic mass is 10.1. The third-order valence-corrected chi connectivity index (χ3v) is 3.27. The second-order valence-corrected chi connectivity index (χ2v) is 4.55. The molecule has 1 aromatic heterocycles. The van der Waals surface area contributed by atoms with Gasteiger partial charge < -0.3 is 0 Å². The number of halogens is 4. The fraction of sp³-hybridized carbons (Fsp3) is 0.143. The largest absolute Gasteiger partial charge is 0.241 e. The van der Waals surface area contributed by atoms with Crippen LogP contribution in [0.1, 0.15) is 11.1 Å². The number of hydrogen-bond acceptors (Lipinski definition) is 2. The average molecular weight is 280 g/mol. The SMILES string of the molecule is Cc1c(F)cc2nc3c(F)c(C)c(F)cc3nc2c1F. The molecule has 0 saturated heterocycles. The van der Waals surface area contributed by atoms with Gasteiger partial charge in [-0.15, -0.1) is 0 Å². The minimum atomic E-state index is -0.879. The summed E-state index contributed by atoms with van der Waals surface area (Å²) in [5.74, 6) is -3.34. The van der Waals surface area contributed by atoms with E-state index >= 15 is 0 Å². The van der Waals surface area contributed by atoms with E-state index < -0.39 is 23.3 Å².